The van der Waals surface area contributed by atoms with Gasteiger partial charge in [-0.2, -0.15) is 0 Å². The van der Waals surface area contributed by atoms with Gasteiger partial charge in [-0.1, -0.05) is 37.3 Å². The predicted octanol–water partition coefficient (Wildman–Crippen LogP) is 2.18. The highest BCUT2D eigenvalue weighted by Crippen LogP contribution is 2.01. The van der Waals surface area contributed by atoms with Crippen molar-refractivity contribution < 1.29 is 19.1 Å². The number of rotatable bonds is 10. The number of alkyl carbamates (subject to hydrolysis) is 1. The molecule has 0 spiro atoms. The minimum Gasteiger partial charge on any atom is -0.445 e. The van der Waals surface area contributed by atoms with Crippen molar-refractivity contribution in [1.82, 2.24) is 10.6 Å². The van der Waals surface area contributed by atoms with Crippen LogP contribution in [0.5, 0.6) is 0 Å². The van der Waals surface area contributed by atoms with Gasteiger partial charge in [-0.05, 0) is 24.8 Å². The monoisotopic (exact) mass is 320 g/mol. The Hall–Kier alpha value is -2.37. The summed E-state index contributed by atoms with van der Waals surface area (Å²) in [6.07, 6.45) is 2.70. The highest BCUT2D eigenvalue weighted by Gasteiger charge is 2.18. The van der Waals surface area contributed by atoms with Gasteiger partial charge in [-0.3, -0.25) is 4.79 Å². The first-order valence-corrected chi connectivity index (χ1v) is 7.86. The van der Waals surface area contributed by atoms with Crippen LogP contribution in [0.15, 0.2) is 30.3 Å². The molecule has 1 atom stereocenters. The van der Waals surface area contributed by atoms with E-state index in [1.165, 1.54) is 0 Å². The Morgan fingerprint density at radius 3 is 2.61 bits per heavy atom. The molecule has 0 saturated carbocycles. The smallest absolute Gasteiger partial charge is 0.408 e. The molecule has 0 radical (unpaired) electrons. The minimum atomic E-state index is -0.621. The van der Waals surface area contributed by atoms with Crippen molar-refractivity contribution in [3.05, 3.63) is 35.9 Å². The molecule has 6 heteroatoms. The van der Waals surface area contributed by atoms with Crippen LogP contribution in [0, 0.1) is 0 Å². The van der Waals surface area contributed by atoms with Crippen molar-refractivity contribution in [3.8, 4) is 0 Å². The van der Waals surface area contributed by atoms with Crippen LogP contribution in [0.2, 0.25) is 0 Å². The summed E-state index contributed by atoms with van der Waals surface area (Å²) in [5, 5.41) is 5.31. The SMILES string of the molecule is CC[C@H](NC(=O)OCc1ccccc1)C(=O)NCCCCC=O. The van der Waals surface area contributed by atoms with E-state index in [1.54, 1.807) is 0 Å². The van der Waals surface area contributed by atoms with Crippen LogP contribution in [0.1, 0.15) is 38.2 Å². The van der Waals surface area contributed by atoms with E-state index in [-0.39, 0.29) is 12.5 Å². The average Bonchev–Trinajstić information content (AvgIpc) is 2.58. The Balaban J connectivity index is 2.29. The molecule has 0 aliphatic rings. The molecule has 0 aliphatic heterocycles. The number of ether oxygens (including phenoxy) is 1. The fraction of sp³-hybridized carbons (Fsp3) is 0.471. The van der Waals surface area contributed by atoms with E-state index in [4.69, 9.17) is 4.74 Å². The first kappa shape index (κ1) is 18.7. The van der Waals surface area contributed by atoms with Gasteiger partial charge in [-0.15, -0.1) is 0 Å². The molecule has 0 bridgehead atoms. The van der Waals surface area contributed by atoms with E-state index in [1.807, 2.05) is 37.3 Å². The van der Waals surface area contributed by atoms with Crippen LogP contribution in [0.25, 0.3) is 0 Å². The van der Waals surface area contributed by atoms with Gasteiger partial charge in [0.25, 0.3) is 0 Å². The molecule has 0 fully saturated rings. The number of hydrogen-bond acceptors (Lipinski definition) is 4. The van der Waals surface area contributed by atoms with Gasteiger partial charge in [0.15, 0.2) is 0 Å². The van der Waals surface area contributed by atoms with Crippen LogP contribution in [0.3, 0.4) is 0 Å². The fourth-order valence-electron chi connectivity index (χ4n) is 1.95. The number of nitrogens with one attached hydrogen (secondary N) is 2. The van der Waals surface area contributed by atoms with Crippen LogP contribution in [-0.2, 0) is 20.9 Å². The van der Waals surface area contributed by atoms with Crippen LogP contribution >= 0.6 is 0 Å². The lowest BCUT2D eigenvalue weighted by atomic mass is 10.2. The summed E-state index contributed by atoms with van der Waals surface area (Å²) in [4.78, 5) is 33.9. The third-order valence-corrected chi connectivity index (χ3v) is 3.28. The molecule has 2 N–H and O–H groups in total. The molecule has 0 heterocycles. The molecular weight excluding hydrogens is 296 g/mol. The molecule has 6 nitrogen and oxygen atoms in total. The van der Waals surface area contributed by atoms with E-state index in [2.05, 4.69) is 10.6 Å². The number of aldehydes is 1. The van der Waals surface area contributed by atoms with E-state index in [0.29, 0.717) is 19.4 Å². The zero-order chi connectivity index (χ0) is 16.9. The van der Waals surface area contributed by atoms with Gasteiger partial charge in [-0.25, -0.2) is 4.79 Å². The van der Waals surface area contributed by atoms with E-state index in [0.717, 1.165) is 24.7 Å². The summed E-state index contributed by atoms with van der Waals surface area (Å²) in [6.45, 7) is 2.47. The third kappa shape index (κ3) is 7.99. The molecule has 1 rings (SSSR count). The van der Waals surface area contributed by atoms with Gasteiger partial charge < -0.3 is 20.2 Å². The van der Waals surface area contributed by atoms with Crippen molar-refractivity contribution in [2.45, 2.75) is 45.3 Å². The molecule has 2 amide bonds. The molecule has 1 aromatic carbocycles. The van der Waals surface area contributed by atoms with Crippen LogP contribution < -0.4 is 10.6 Å². The zero-order valence-electron chi connectivity index (χ0n) is 13.4. The number of carbonyl (C=O) groups is 3. The van der Waals surface area contributed by atoms with Gasteiger partial charge in [0.2, 0.25) is 5.91 Å². The normalized spacial score (nSPS) is 11.3. The maximum absolute atomic E-state index is 12.0. The molecule has 0 aliphatic carbocycles. The first-order valence-electron chi connectivity index (χ1n) is 7.86. The van der Waals surface area contributed by atoms with Gasteiger partial charge in [0.1, 0.15) is 18.9 Å². The standard InChI is InChI=1S/C17H24N2O4/c1-2-15(16(21)18-11-7-4-8-12-20)19-17(22)23-13-14-9-5-3-6-10-14/h3,5-6,9-10,12,15H,2,4,7-8,11,13H2,1H3,(H,18,21)(H,19,22)/t15-/m0/s1. The highest BCUT2D eigenvalue weighted by molar-refractivity contribution is 5.85. The summed E-state index contributed by atoms with van der Waals surface area (Å²) >= 11 is 0. The fourth-order valence-corrected chi connectivity index (χ4v) is 1.95. The topological polar surface area (TPSA) is 84.5 Å². The number of unbranched alkanes of at least 4 members (excludes halogenated alkanes) is 2. The Bertz CT molecular complexity index is 491. The minimum absolute atomic E-state index is 0.163. The van der Waals surface area contributed by atoms with E-state index >= 15 is 0 Å². The second kappa shape index (κ2) is 11.2. The summed E-state index contributed by atoms with van der Waals surface area (Å²) in [6, 6.07) is 8.71. The Kier molecular flexibility index (Phi) is 9.12. The maximum Gasteiger partial charge on any atom is 0.408 e. The zero-order valence-corrected chi connectivity index (χ0v) is 13.4. The molecule has 1 aromatic rings. The molecule has 0 aromatic heterocycles. The number of benzene rings is 1. The number of hydrogen-bond donors (Lipinski definition) is 2. The maximum atomic E-state index is 12.0. The Labute approximate surface area is 136 Å². The Morgan fingerprint density at radius 1 is 1.22 bits per heavy atom. The van der Waals surface area contributed by atoms with Gasteiger partial charge in [0.05, 0.1) is 0 Å². The quantitative estimate of drug-likeness (QED) is 0.511. The number of carbonyl (C=O) groups excluding carboxylic acids is 3. The molecule has 0 unspecified atom stereocenters. The predicted molar refractivity (Wildman–Crippen MR) is 86.8 cm³/mol. The second-order valence-electron chi connectivity index (χ2n) is 5.12. The summed E-state index contributed by atoms with van der Waals surface area (Å²) in [7, 11) is 0. The lowest BCUT2D eigenvalue weighted by molar-refractivity contribution is -0.123. The Morgan fingerprint density at radius 2 is 1.96 bits per heavy atom. The highest BCUT2D eigenvalue weighted by atomic mass is 16.5. The van der Waals surface area contributed by atoms with Crippen molar-refractivity contribution in [1.29, 1.82) is 0 Å². The van der Waals surface area contributed by atoms with Crippen LogP contribution in [-0.4, -0.2) is 30.9 Å². The summed E-state index contributed by atoms with van der Waals surface area (Å²) in [5.41, 5.74) is 0.885. The first-order chi connectivity index (χ1) is 11.2. The molecule has 0 saturated heterocycles. The molecular formula is C17H24N2O4. The van der Waals surface area contributed by atoms with Gasteiger partial charge >= 0.3 is 6.09 Å². The lowest BCUT2D eigenvalue weighted by Crippen LogP contribution is -2.46. The summed E-state index contributed by atoms with van der Waals surface area (Å²) in [5.74, 6) is -0.240. The van der Waals surface area contributed by atoms with Crippen molar-refractivity contribution in [2.24, 2.45) is 0 Å². The lowest BCUT2D eigenvalue weighted by Gasteiger charge is -2.16. The van der Waals surface area contributed by atoms with Crippen molar-refractivity contribution in [2.75, 3.05) is 6.54 Å². The third-order valence-electron chi connectivity index (χ3n) is 3.28. The average molecular weight is 320 g/mol. The van der Waals surface area contributed by atoms with Crippen molar-refractivity contribution >= 4 is 18.3 Å². The van der Waals surface area contributed by atoms with E-state index in [9.17, 15) is 14.4 Å². The number of amides is 2. The van der Waals surface area contributed by atoms with E-state index < -0.39 is 12.1 Å². The molecule has 126 valence electrons. The second-order valence-corrected chi connectivity index (χ2v) is 5.12. The van der Waals surface area contributed by atoms with Gasteiger partial charge in [0, 0.05) is 13.0 Å². The van der Waals surface area contributed by atoms with Crippen molar-refractivity contribution in [3.63, 3.8) is 0 Å². The van der Waals surface area contributed by atoms with Crippen LogP contribution in [0.4, 0.5) is 4.79 Å². The largest absolute Gasteiger partial charge is 0.445 e. The summed E-state index contributed by atoms with van der Waals surface area (Å²) < 4.78 is 5.10. The molecule has 23 heavy (non-hydrogen) atoms.